The lowest BCUT2D eigenvalue weighted by molar-refractivity contribution is 0.406. The van der Waals surface area contributed by atoms with Gasteiger partial charge in [-0.1, -0.05) is 0 Å². The number of hydrogen-bond donors (Lipinski definition) is 0. The van der Waals surface area contributed by atoms with Crippen LogP contribution in [0, 0.1) is 13.8 Å². The summed E-state index contributed by atoms with van der Waals surface area (Å²) in [5, 5.41) is 0. The molecule has 0 aromatic carbocycles. The van der Waals surface area contributed by atoms with Crippen LogP contribution in [0.3, 0.4) is 0 Å². The molecule has 0 fully saturated rings. The van der Waals surface area contributed by atoms with E-state index in [1.54, 1.807) is 19.6 Å². The molecular formula is C12H15N3O. The number of aromatic nitrogens is 3. The van der Waals surface area contributed by atoms with Crippen LogP contribution in [0.2, 0.25) is 0 Å². The van der Waals surface area contributed by atoms with E-state index >= 15 is 0 Å². The highest BCUT2D eigenvalue weighted by molar-refractivity contribution is 5.41. The highest BCUT2D eigenvalue weighted by Gasteiger charge is 2.09. The molecule has 0 bridgehead atoms. The first kappa shape index (κ1) is 10.7. The molecule has 0 unspecified atom stereocenters. The first-order valence-corrected chi connectivity index (χ1v) is 5.17. The number of ether oxygens (including phenoxy) is 1. The van der Waals surface area contributed by atoms with Crippen LogP contribution in [0.5, 0.6) is 5.75 Å². The molecule has 0 saturated carbocycles. The standard InChI is InChI=1S/C12H15N3O/c1-9-6-14-11(10(2)12(9)16-3)7-15-5-4-13-8-15/h4-6,8H,7H2,1-3H3. The van der Waals surface area contributed by atoms with E-state index in [-0.39, 0.29) is 0 Å². The van der Waals surface area contributed by atoms with Gasteiger partial charge in [0.2, 0.25) is 0 Å². The fourth-order valence-electron chi connectivity index (χ4n) is 1.78. The number of methoxy groups -OCH3 is 1. The Morgan fingerprint density at radius 3 is 2.81 bits per heavy atom. The Morgan fingerprint density at radius 1 is 1.38 bits per heavy atom. The van der Waals surface area contributed by atoms with Crippen molar-refractivity contribution < 1.29 is 4.74 Å². The van der Waals surface area contributed by atoms with Gasteiger partial charge in [0.05, 0.1) is 25.7 Å². The van der Waals surface area contributed by atoms with Gasteiger partial charge in [-0.15, -0.1) is 0 Å². The zero-order valence-corrected chi connectivity index (χ0v) is 9.77. The van der Waals surface area contributed by atoms with Crippen molar-refractivity contribution in [2.24, 2.45) is 0 Å². The van der Waals surface area contributed by atoms with Crippen LogP contribution in [0.25, 0.3) is 0 Å². The van der Waals surface area contributed by atoms with Crippen LogP contribution in [0.1, 0.15) is 16.8 Å². The summed E-state index contributed by atoms with van der Waals surface area (Å²) in [6.45, 7) is 4.76. The molecule has 4 nitrogen and oxygen atoms in total. The van der Waals surface area contributed by atoms with E-state index in [1.807, 2.05) is 30.8 Å². The van der Waals surface area contributed by atoms with Gasteiger partial charge >= 0.3 is 0 Å². The van der Waals surface area contributed by atoms with Crippen molar-refractivity contribution >= 4 is 0 Å². The number of nitrogens with zero attached hydrogens (tertiary/aromatic N) is 3. The molecule has 2 heterocycles. The molecule has 2 aromatic rings. The van der Waals surface area contributed by atoms with Gasteiger partial charge in [-0.2, -0.15) is 0 Å². The lowest BCUT2D eigenvalue weighted by Gasteiger charge is -2.12. The van der Waals surface area contributed by atoms with Gasteiger partial charge in [-0.25, -0.2) is 4.98 Å². The summed E-state index contributed by atoms with van der Waals surface area (Å²) in [7, 11) is 1.69. The summed E-state index contributed by atoms with van der Waals surface area (Å²) in [5.41, 5.74) is 3.17. The summed E-state index contributed by atoms with van der Waals surface area (Å²) in [4.78, 5) is 8.44. The molecule has 0 saturated heterocycles. The number of pyridine rings is 1. The summed E-state index contributed by atoms with van der Waals surface area (Å²) in [5.74, 6) is 0.921. The molecule has 2 aromatic heterocycles. The number of rotatable bonds is 3. The molecule has 2 rings (SSSR count). The minimum absolute atomic E-state index is 0.725. The van der Waals surface area contributed by atoms with Crippen molar-refractivity contribution in [3.8, 4) is 5.75 Å². The van der Waals surface area contributed by atoms with E-state index in [2.05, 4.69) is 9.97 Å². The van der Waals surface area contributed by atoms with Crippen molar-refractivity contribution in [3.63, 3.8) is 0 Å². The molecule has 16 heavy (non-hydrogen) atoms. The highest BCUT2D eigenvalue weighted by atomic mass is 16.5. The van der Waals surface area contributed by atoms with Crippen LogP contribution in [0.15, 0.2) is 24.9 Å². The molecule has 0 aliphatic rings. The van der Waals surface area contributed by atoms with Gasteiger partial charge in [-0.3, -0.25) is 4.98 Å². The van der Waals surface area contributed by atoms with Gasteiger partial charge < -0.3 is 9.30 Å². The van der Waals surface area contributed by atoms with Crippen LogP contribution < -0.4 is 4.74 Å². The zero-order valence-electron chi connectivity index (χ0n) is 9.77. The van der Waals surface area contributed by atoms with Crippen molar-refractivity contribution in [2.45, 2.75) is 20.4 Å². The van der Waals surface area contributed by atoms with E-state index in [4.69, 9.17) is 4.74 Å². The van der Waals surface area contributed by atoms with E-state index in [0.717, 1.165) is 29.1 Å². The second kappa shape index (κ2) is 4.35. The SMILES string of the molecule is COc1c(C)cnc(Cn2ccnc2)c1C. The van der Waals surface area contributed by atoms with Crippen molar-refractivity contribution in [1.82, 2.24) is 14.5 Å². The highest BCUT2D eigenvalue weighted by Crippen LogP contribution is 2.24. The molecule has 0 atom stereocenters. The second-order valence-corrected chi connectivity index (χ2v) is 3.78. The molecule has 0 aliphatic heterocycles. The number of imidazole rings is 1. The number of aryl methyl sites for hydroxylation is 1. The molecular weight excluding hydrogens is 202 g/mol. The normalized spacial score (nSPS) is 10.4. The lowest BCUT2D eigenvalue weighted by atomic mass is 10.1. The first-order valence-electron chi connectivity index (χ1n) is 5.17. The largest absolute Gasteiger partial charge is 0.496 e. The molecule has 0 aliphatic carbocycles. The Hall–Kier alpha value is -1.84. The molecule has 0 radical (unpaired) electrons. The monoisotopic (exact) mass is 217 g/mol. The van der Waals surface area contributed by atoms with E-state index in [1.165, 1.54) is 0 Å². The van der Waals surface area contributed by atoms with Gasteiger partial charge in [0.25, 0.3) is 0 Å². The van der Waals surface area contributed by atoms with Gasteiger partial charge in [0, 0.05) is 29.7 Å². The van der Waals surface area contributed by atoms with Crippen LogP contribution in [-0.2, 0) is 6.54 Å². The average Bonchev–Trinajstić information content (AvgIpc) is 2.76. The third-order valence-corrected chi connectivity index (χ3v) is 2.64. The summed E-state index contributed by atoms with van der Waals surface area (Å²) in [6, 6.07) is 0. The third kappa shape index (κ3) is 1.91. The maximum atomic E-state index is 5.37. The predicted molar refractivity (Wildman–Crippen MR) is 61.6 cm³/mol. The quantitative estimate of drug-likeness (QED) is 0.789. The molecule has 0 N–H and O–H groups in total. The van der Waals surface area contributed by atoms with Crippen molar-refractivity contribution in [1.29, 1.82) is 0 Å². The molecule has 0 spiro atoms. The van der Waals surface area contributed by atoms with E-state index in [0.29, 0.717) is 0 Å². The van der Waals surface area contributed by atoms with E-state index < -0.39 is 0 Å². The molecule has 4 heteroatoms. The van der Waals surface area contributed by atoms with Crippen molar-refractivity contribution in [2.75, 3.05) is 7.11 Å². The smallest absolute Gasteiger partial charge is 0.128 e. The summed E-state index contributed by atoms with van der Waals surface area (Å²) >= 11 is 0. The van der Waals surface area contributed by atoms with Crippen LogP contribution in [-0.4, -0.2) is 21.6 Å². The predicted octanol–water partition coefficient (Wildman–Crippen LogP) is 1.95. The van der Waals surface area contributed by atoms with Gasteiger partial charge in [-0.05, 0) is 13.8 Å². The number of hydrogen-bond acceptors (Lipinski definition) is 3. The van der Waals surface area contributed by atoms with Gasteiger partial charge in [0.15, 0.2) is 0 Å². The topological polar surface area (TPSA) is 39.9 Å². The third-order valence-electron chi connectivity index (χ3n) is 2.64. The van der Waals surface area contributed by atoms with Crippen LogP contribution in [0.4, 0.5) is 0 Å². The maximum Gasteiger partial charge on any atom is 0.128 e. The fourth-order valence-corrected chi connectivity index (χ4v) is 1.78. The lowest BCUT2D eigenvalue weighted by Crippen LogP contribution is -2.04. The summed E-state index contributed by atoms with van der Waals surface area (Å²) < 4.78 is 7.36. The first-order chi connectivity index (χ1) is 7.72. The van der Waals surface area contributed by atoms with Crippen LogP contribution >= 0.6 is 0 Å². The minimum Gasteiger partial charge on any atom is -0.496 e. The Kier molecular flexibility index (Phi) is 2.90. The fraction of sp³-hybridized carbons (Fsp3) is 0.333. The zero-order chi connectivity index (χ0) is 11.5. The summed E-state index contributed by atoms with van der Waals surface area (Å²) in [6.07, 6.45) is 7.32. The second-order valence-electron chi connectivity index (χ2n) is 3.78. The molecule has 0 amide bonds. The Morgan fingerprint density at radius 2 is 2.19 bits per heavy atom. The Bertz CT molecular complexity index is 477. The van der Waals surface area contributed by atoms with Crippen molar-refractivity contribution in [3.05, 3.63) is 41.7 Å². The Labute approximate surface area is 94.9 Å². The van der Waals surface area contributed by atoms with E-state index in [9.17, 15) is 0 Å². The maximum absolute atomic E-state index is 5.37. The minimum atomic E-state index is 0.725. The Balaban J connectivity index is 2.35. The molecule has 84 valence electrons. The average molecular weight is 217 g/mol. The van der Waals surface area contributed by atoms with Gasteiger partial charge in [0.1, 0.15) is 5.75 Å².